The van der Waals surface area contributed by atoms with E-state index in [1.807, 2.05) is 0 Å². The van der Waals surface area contributed by atoms with Crippen LogP contribution in [0.3, 0.4) is 0 Å². The maximum Gasteiger partial charge on any atom is 0.192 e. The van der Waals surface area contributed by atoms with Gasteiger partial charge in [-0.05, 0) is 98.6 Å². The molecule has 160 valence electrons. The van der Waals surface area contributed by atoms with E-state index in [1.54, 1.807) is 0 Å². The van der Waals surface area contributed by atoms with Gasteiger partial charge in [-0.1, -0.05) is 34.6 Å². The zero-order valence-corrected chi connectivity index (χ0v) is 20.6. The summed E-state index contributed by atoms with van der Waals surface area (Å²) in [6, 6.07) is 0. The molecule has 0 aromatic heterocycles. The van der Waals surface area contributed by atoms with Gasteiger partial charge in [-0.2, -0.15) is 0 Å². The van der Waals surface area contributed by atoms with Gasteiger partial charge in [0, 0.05) is 17.9 Å². The van der Waals surface area contributed by atoms with Crippen molar-refractivity contribution in [2.75, 3.05) is 0 Å². The third-order valence-corrected chi connectivity index (χ3v) is 15.1. The fourth-order valence-corrected chi connectivity index (χ4v) is 9.09. The van der Waals surface area contributed by atoms with Gasteiger partial charge in [-0.25, -0.2) is 0 Å². The van der Waals surface area contributed by atoms with Gasteiger partial charge in [0.2, 0.25) is 0 Å². The van der Waals surface area contributed by atoms with Crippen molar-refractivity contribution in [1.29, 1.82) is 0 Å². The van der Waals surface area contributed by atoms with E-state index in [4.69, 9.17) is 4.43 Å². The average molecular weight is 405 g/mol. The molecule has 4 rings (SSSR count). The summed E-state index contributed by atoms with van der Waals surface area (Å²) in [7, 11) is -1.68. The molecule has 0 spiro atoms. The molecule has 4 aliphatic carbocycles. The lowest BCUT2D eigenvalue weighted by molar-refractivity contribution is -0.141. The highest BCUT2D eigenvalue weighted by Gasteiger charge is 2.60. The lowest BCUT2D eigenvalue weighted by Crippen LogP contribution is -2.55. The minimum Gasteiger partial charge on any atom is -0.414 e. The molecule has 4 saturated carbocycles. The van der Waals surface area contributed by atoms with Crippen molar-refractivity contribution in [3.8, 4) is 0 Å². The average Bonchev–Trinajstić information content (AvgIpc) is 2.89. The smallest absolute Gasteiger partial charge is 0.192 e. The molecule has 4 fully saturated rings. The van der Waals surface area contributed by atoms with Crippen LogP contribution in [0.15, 0.2) is 0 Å². The SMILES string of the molecule is CC(C)(C)[Si](C)(C)O[C@H]1CC[C@@]2(C)C(CC[C@@H]3[C@@H]2CC[C@]2(C)C(=O)CC[C@@H]32)C1. The Labute approximate surface area is 174 Å². The molecule has 7 atom stereocenters. The zero-order chi connectivity index (χ0) is 20.5. The predicted molar refractivity (Wildman–Crippen MR) is 119 cm³/mol. The Morgan fingerprint density at radius 3 is 2.36 bits per heavy atom. The number of fused-ring (bicyclic) bond motifs is 5. The minimum absolute atomic E-state index is 0.0208. The molecule has 0 aromatic carbocycles. The summed E-state index contributed by atoms with van der Waals surface area (Å²) in [6.45, 7) is 16.8. The van der Waals surface area contributed by atoms with Crippen LogP contribution in [0.2, 0.25) is 18.1 Å². The molecule has 3 heteroatoms. The molecule has 0 heterocycles. The van der Waals surface area contributed by atoms with Gasteiger partial charge in [-0.3, -0.25) is 4.79 Å². The Balaban J connectivity index is 1.48. The van der Waals surface area contributed by atoms with E-state index in [-0.39, 0.29) is 5.41 Å². The van der Waals surface area contributed by atoms with Crippen LogP contribution in [0, 0.1) is 34.5 Å². The van der Waals surface area contributed by atoms with Crippen LogP contribution >= 0.6 is 0 Å². The molecule has 0 bridgehead atoms. The van der Waals surface area contributed by atoms with Crippen LogP contribution in [0.25, 0.3) is 0 Å². The van der Waals surface area contributed by atoms with E-state index >= 15 is 0 Å². The first kappa shape index (κ1) is 21.1. The predicted octanol–water partition coefficient (Wildman–Crippen LogP) is 6.99. The third-order valence-electron chi connectivity index (χ3n) is 10.6. The summed E-state index contributed by atoms with van der Waals surface area (Å²) in [6.07, 6.45) is 11.6. The summed E-state index contributed by atoms with van der Waals surface area (Å²) < 4.78 is 6.87. The maximum atomic E-state index is 12.6. The van der Waals surface area contributed by atoms with Crippen LogP contribution in [0.4, 0.5) is 0 Å². The molecule has 0 amide bonds. The highest BCUT2D eigenvalue weighted by atomic mass is 28.4. The molecule has 0 aliphatic heterocycles. The van der Waals surface area contributed by atoms with Crippen molar-refractivity contribution < 1.29 is 9.22 Å². The monoisotopic (exact) mass is 404 g/mol. The topological polar surface area (TPSA) is 26.3 Å². The fraction of sp³-hybridized carbons (Fsp3) is 0.960. The van der Waals surface area contributed by atoms with E-state index in [2.05, 4.69) is 47.7 Å². The summed E-state index contributed by atoms with van der Waals surface area (Å²) in [5.41, 5.74) is 0.510. The number of carbonyl (C=O) groups is 1. The van der Waals surface area contributed by atoms with E-state index in [1.165, 1.54) is 44.9 Å². The first-order valence-corrected chi connectivity index (χ1v) is 15.0. The van der Waals surface area contributed by atoms with Crippen molar-refractivity contribution in [1.82, 2.24) is 0 Å². The number of carbonyl (C=O) groups excluding carboxylic acids is 1. The summed E-state index contributed by atoms with van der Waals surface area (Å²) >= 11 is 0. The van der Waals surface area contributed by atoms with Crippen LogP contribution < -0.4 is 0 Å². The lowest BCUT2D eigenvalue weighted by Gasteiger charge is -2.60. The minimum atomic E-state index is -1.68. The molecule has 4 aliphatic rings. The first-order chi connectivity index (χ1) is 12.9. The summed E-state index contributed by atoms with van der Waals surface area (Å²) in [4.78, 5) is 12.6. The van der Waals surface area contributed by atoms with Gasteiger partial charge in [0.05, 0.1) is 0 Å². The molecule has 2 nitrogen and oxygen atoms in total. The number of hydrogen-bond donors (Lipinski definition) is 0. The second-order valence-electron chi connectivity index (χ2n) is 12.8. The second kappa shape index (κ2) is 6.67. The van der Waals surface area contributed by atoms with Gasteiger partial charge in [0.1, 0.15) is 5.78 Å². The number of hydrogen-bond acceptors (Lipinski definition) is 2. The van der Waals surface area contributed by atoms with Crippen LogP contribution in [0.1, 0.15) is 92.4 Å². The molecular weight excluding hydrogens is 360 g/mol. The van der Waals surface area contributed by atoms with E-state index in [0.29, 0.717) is 28.3 Å². The molecule has 0 N–H and O–H groups in total. The highest BCUT2D eigenvalue weighted by Crippen LogP contribution is 2.65. The Morgan fingerprint density at radius 1 is 0.964 bits per heavy atom. The Bertz CT molecular complexity index is 635. The lowest BCUT2D eigenvalue weighted by atomic mass is 9.45. The number of rotatable bonds is 2. The van der Waals surface area contributed by atoms with Gasteiger partial charge in [0.15, 0.2) is 8.32 Å². The number of ketones is 1. The Hall–Kier alpha value is -0.153. The fourth-order valence-electron chi connectivity index (χ4n) is 7.69. The summed E-state index contributed by atoms with van der Waals surface area (Å²) in [5, 5.41) is 0.300. The van der Waals surface area contributed by atoms with Crippen molar-refractivity contribution >= 4 is 14.1 Å². The highest BCUT2D eigenvalue weighted by molar-refractivity contribution is 6.74. The third kappa shape index (κ3) is 3.09. The van der Waals surface area contributed by atoms with Gasteiger partial charge in [-0.15, -0.1) is 0 Å². The normalized spacial score (nSPS) is 46.7. The van der Waals surface area contributed by atoms with Crippen molar-refractivity contribution in [2.45, 2.75) is 117 Å². The van der Waals surface area contributed by atoms with Gasteiger partial charge >= 0.3 is 0 Å². The molecule has 1 unspecified atom stereocenters. The maximum absolute atomic E-state index is 12.6. The van der Waals surface area contributed by atoms with Crippen molar-refractivity contribution in [3.63, 3.8) is 0 Å². The van der Waals surface area contributed by atoms with E-state index in [0.717, 1.165) is 30.6 Å². The molecule has 0 aromatic rings. The van der Waals surface area contributed by atoms with Crippen LogP contribution in [0.5, 0.6) is 0 Å². The second-order valence-corrected chi connectivity index (χ2v) is 17.6. The van der Waals surface area contributed by atoms with E-state index < -0.39 is 8.32 Å². The van der Waals surface area contributed by atoms with Crippen LogP contribution in [-0.4, -0.2) is 20.2 Å². The number of Topliss-reactive ketones (excluding diaryl/α,β-unsaturated/α-hetero) is 1. The van der Waals surface area contributed by atoms with Crippen molar-refractivity contribution in [3.05, 3.63) is 0 Å². The summed E-state index contributed by atoms with van der Waals surface area (Å²) in [5.74, 6) is 3.75. The quantitative estimate of drug-likeness (QED) is 0.464. The molecular formula is C25H44O2Si. The van der Waals surface area contributed by atoms with Gasteiger partial charge < -0.3 is 4.43 Å². The molecule has 0 radical (unpaired) electrons. The zero-order valence-electron chi connectivity index (χ0n) is 19.6. The standard InChI is InChI=1S/C25H44O2Si/c1-23(2,3)28(6,7)27-18-12-14-24(4)17(16-18)8-9-19-20-10-11-22(26)25(20,5)15-13-21(19)24/h17-21H,8-16H2,1-7H3/t17?,18-,19-,20-,21-,24-,25-/m0/s1. The first-order valence-electron chi connectivity index (χ1n) is 12.1. The molecule has 28 heavy (non-hydrogen) atoms. The largest absolute Gasteiger partial charge is 0.414 e. The molecule has 0 saturated heterocycles. The van der Waals surface area contributed by atoms with Crippen LogP contribution in [-0.2, 0) is 9.22 Å². The van der Waals surface area contributed by atoms with Crippen molar-refractivity contribution in [2.24, 2.45) is 34.5 Å². The van der Waals surface area contributed by atoms with E-state index in [9.17, 15) is 4.79 Å². The Kier molecular flexibility index (Phi) is 5.03. The van der Waals surface area contributed by atoms with Gasteiger partial charge in [0.25, 0.3) is 0 Å². The Morgan fingerprint density at radius 2 is 1.68 bits per heavy atom.